The van der Waals surface area contributed by atoms with Gasteiger partial charge < -0.3 is 14.9 Å². The van der Waals surface area contributed by atoms with E-state index in [0.29, 0.717) is 21.6 Å². The molecule has 6 nitrogen and oxygen atoms in total. The average Bonchev–Trinajstić information content (AvgIpc) is 2.92. The van der Waals surface area contributed by atoms with Gasteiger partial charge in [0.05, 0.1) is 7.11 Å². The van der Waals surface area contributed by atoms with Gasteiger partial charge in [-0.3, -0.25) is 0 Å². The van der Waals surface area contributed by atoms with E-state index in [4.69, 9.17) is 4.74 Å². The summed E-state index contributed by atoms with van der Waals surface area (Å²) < 4.78 is 43.5. The lowest BCUT2D eigenvalue weighted by Crippen LogP contribution is -2.36. The van der Waals surface area contributed by atoms with E-state index in [2.05, 4.69) is 31.1 Å². The number of anilines is 2. The molecule has 0 saturated carbocycles. The van der Waals surface area contributed by atoms with Gasteiger partial charge in [-0.2, -0.15) is 18.2 Å². The molecule has 1 aromatic carbocycles. The summed E-state index contributed by atoms with van der Waals surface area (Å²) >= 11 is 3.20. The van der Waals surface area contributed by atoms with Gasteiger partial charge >= 0.3 is 12.1 Å². The number of methoxy groups -OCH3 is 1. The zero-order valence-electron chi connectivity index (χ0n) is 12.7. The van der Waals surface area contributed by atoms with Gasteiger partial charge in [0, 0.05) is 10.7 Å². The molecule has 0 spiro atoms. The van der Waals surface area contributed by atoms with Crippen molar-refractivity contribution in [2.75, 3.05) is 17.5 Å². The first-order valence-electron chi connectivity index (χ1n) is 6.94. The number of hydrogen-bond acceptors (Lipinski definition) is 6. The van der Waals surface area contributed by atoms with Crippen LogP contribution in [0, 0.1) is 0 Å². The molecule has 0 bridgehead atoms. The van der Waals surface area contributed by atoms with Gasteiger partial charge in [0.25, 0.3) is 0 Å². The summed E-state index contributed by atoms with van der Waals surface area (Å²) in [4.78, 5) is 20.0. The second-order valence-corrected chi connectivity index (χ2v) is 5.96. The Labute approximate surface area is 148 Å². The molecule has 1 aliphatic heterocycles. The van der Waals surface area contributed by atoms with Crippen LogP contribution in [0.25, 0.3) is 0 Å². The second kappa shape index (κ2) is 6.43. The molecule has 1 aromatic heterocycles. The van der Waals surface area contributed by atoms with E-state index in [1.165, 1.54) is 19.4 Å². The van der Waals surface area contributed by atoms with Gasteiger partial charge in [0.1, 0.15) is 11.4 Å². The van der Waals surface area contributed by atoms with Crippen LogP contribution in [-0.4, -0.2) is 24.2 Å². The maximum absolute atomic E-state index is 12.6. The summed E-state index contributed by atoms with van der Waals surface area (Å²) in [5, 5.41) is 3.78. The number of halogens is 4. The number of fused-ring (bicyclic) bond motifs is 1. The minimum absolute atomic E-state index is 0.202. The quantitative estimate of drug-likeness (QED) is 0.819. The van der Waals surface area contributed by atoms with Crippen LogP contribution >= 0.6 is 15.9 Å². The number of carbonyl (C=O) groups excluding carboxylic acids is 1. The smallest absolute Gasteiger partial charge is 0.493 e. The molecule has 132 valence electrons. The number of alkyl halides is 3. The van der Waals surface area contributed by atoms with Gasteiger partial charge in [-0.1, -0.05) is 12.1 Å². The molecule has 0 aliphatic carbocycles. The molecule has 1 atom stereocenters. The minimum atomic E-state index is -5.12. The number of nitrogens with one attached hydrogen (secondary N) is 1. The Morgan fingerprint density at radius 2 is 2.00 bits per heavy atom. The highest BCUT2D eigenvalue weighted by molar-refractivity contribution is 9.10. The Morgan fingerprint density at radius 3 is 2.60 bits per heavy atom. The molecular weight excluding hydrogens is 407 g/mol. The van der Waals surface area contributed by atoms with Crippen LogP contribution in [-0.2, 0) is 9.63 Å². The Kier molecular flexibility index (Phi) is 4.46. The summed E-state index contributed by atoms with van der Waals surface area (Å²) in [6.07, 6.45) is -4.51. The Bertz CT molecular complexity index is 799. The fraction of sp³-hybridized carbons (Fsp3) is 0.200. The molecule has 3 rings (SSSR count). The highest BCUT2D eigenvalue weighted by Crippen LogP contribution is 2.42. The van der Waals surface area contributed by atoms with Crippen LogP contribution in [0.4, 0.5) is 24.7 Å². The van der Waals surface area contributed by atoms with E-state index in [9.17, 15) is 18.0 Å². The van der Waals surface area contributed by atoms with Crippen molar-refractivity contribution in [3.8, 4) is 5.75 Å². The lowest BCUT2D eigenvalue weighted by molar-refractivity contribution is -0.201. The number of hydroxylamine groups is 1. The summed E-state index contributed by atoms with van der Waals surface area (Å²) in [7, 11) is 1.50. The van der Waals surface area contributed by atoms with Crippen LogP contribution < -0.4 is 15.1 Å². The monoisotopic (exact) mass is 417 g/mol. The summed E-state index contributed by atoms with van der Waals surface area (Å²) in [6.45, 7) is 0. The first-order chi connectivity index (χ1) is 11.8. The number of ether oxygens (including phenoxy) is 1. The van der Waals surface area contributed by atoms with Crippen LogP contribution in [0.3, 0.4) is 0 Å². The first-order valence-corrected chi connectivity index (χ1v) is 7.73. The molecule has 0 amide bonds. The highest BCUT2D eigenvalue weighted by Gasteiger charge is 2.45. The standard InChI is InChI=1S/C15H11BrF3N3O3/c1-24-10-4-2-8(3-5-10)13-21-12-11(6-9(16)7-20-12)22(13)25-14(23)15(17,18)19/h2-7,13H,1H3,(H,20,21). The third kappa shape index (κ3) is 3.48. The first kappa shape index (κ1) is 17.3. The van der Waals surface area contributed by atoms with Gasteiger partial charge in [0.2, 0.25) is 0 Å². The summed E-state index contributed by atoms with van der Waals surface area (Å²) in [6, 6.07) is 8.08. The largest absolute Gasteiger partial charge is 0.497 e. The van der Waals surface area contributed by atoms with Crippen molar-refractivity contribution in [2.45, 2.75) is 12.3 Å². The number of pyridine rings is 1. The van der Waals surface area contributed by atoms with E-state index < -0.39 is 18.3 Å². The minimum Gasteiger partial charge on any atom is -0.497 e. The highest BCUT2D eigenvalue weighted by atomic mass is 79.9. The van der Waals surface area contributed by atoms with E-state index in [1.807, 2.05) is 0 Å². The van der Waals surface area contributed by atoms with Gasteiger partial charge in [-0.25, -0.2) is 9.78 Å². The Balaban J connectivity index is 1.97. The molecular formula is C15H11BrF3N3O3. The predicted octanol–water partition coefficient (Wildman–Crippen LogP) is 3.80. The molecule has 0 fully saturated rings. The predicted molar refractivity (Wildman–Crippen MR) is 85.9 cm³/mol. The van der Waals surface area contributed by atoms with E-state index in [1.54, 1.807) is 24.3 Å². The third-order valence-electron chi connectivity index (χ3n) is 3.42. The Hall–Kier alpha value is -2.49. The van der Waals surface area contributed by atoms with Gasteiger partial charge in [-0.15, -0.1) is 0 Å². The van der Waals surface area contributed by atoms with Crippen molar-refractivity contribution in [1.29, 1.82) is 0 Å². The fourth-order valence-corrected chi connectivity index (χ4v) is 2.60. The molecule has 2 aromatic rings. The molecule has 1 N–H and O–H groups in total. The van der Waals surface area contributed by atoms with Crippen molar-refractivity contribution < 1.29 is 27.5 Å². The summed E-state index contributed by atoms with van der Waals surface area (Å²) in [5.41, 5.74) is 0.762. The van der Waals surface area contributed by atoms with Gasteiger partial charge in [-0.05, 0) is 39.7 Å². The van der Waals surface area contributed by atoms with Crippen molar-refractivity contribution in [3.05, 3.63) is 46.6 Å². The van der Waals surface area contributed by atoms with Crippen LogP contribution in [0.5, 0.6) is 5.75 Å². The van der Waals surface area contributed by atoms with Crippen LogP contribution in [0.1, 0.15) is 11.7 Å². The molecule has 1 aliphatic rings. The fourth-order valence-electron chi connectivity index (χ4n) is 2.28. The lowest BCUT2D eigenvalue weighted by atomic mass is 10.1. The maximum atomic E-state index is 12.6. The maximum Gasteiger partial charge on any atom is 0.493 e. The lowest BCUT2D eigenvalue weighted by Gasteiger charge is -2.25. The van der Waals surface area contributed by atoms with Crippen LogP contribution in [0.15, 0.2) is 41.0 Å². The Morgan fingerprint density at radius 1 is 1.32 bits per heavy atom. The topological polar surface area (TPSA) is 63.7 Å². The normalized spacial score (nSPS) is 16.2. The van der Waals surface area contributed by atoms with E-state index in [0.717, 1.165) is 5.06 Å². The number of rotatable bonds is 3. The molecule has 1 unspecified atom stereocenters. The molecule has 25 heavy (non-hydrogen) atoms. The van der Waals surface area contributed by atoms with Crippen molar-refractivity contribution in [2.24, 2.45) is 0 Å². The second-order valence-electron chi connectivity index (χ2n) is 5.04. The van der Waals surface area contributed by atoms with Crippen molar-refractivity contribution in [3.63, 3.8) is 0 Å². The molecule has 2 heterocycles. The van der Waals surface area contributed by atoms with E-state index >= 15 is 0 Å². The van der Waals surface area contributed by atoms with Gasteiger partial charge in [0.15, 0.2) is 12.0 Å². The number of nitrogens with zero attached hydrogens (tertiary/aromatic N) is 2. The van der Waals surface area contributed by atoms with Crippen molar-refractivity contribution in [1.82, 2.24) is 4.98 Å². The number of hydrogen-bond donors (Lipinski definition) is 1. The van der Waals surface area contributed by atoms with Crippen LogP contribution in [0.2, 0.25) is 0 Å². The third-order valence-corrected chi connectivity index (χ3v) is 3.86. The van der Waals surface area contributed by atoms with E-state index in [-0.39, 0.29) is 5.69 Å². The summed E-state index contributed by atoms with van der Waals surface area (Å²) in [5.74, 6) is -1.45. The zero-order valence-corrected chi connectivity index (χ0v) is 14.3. The number of carbonyl (C=O) groups is 1. The average molecular weight is 418 g/mol. The number of benzene rings is 1. The number of aromatic nitrogens is 1. The molecule has 0 saturated heterocycles. The zero-order chi connectivity index (χ0) is 18.2. The molecule has 10 heteroatoms. The SMILES string of the molecule is COc1ccc(C2Nc3ncc(Br)cc3N2OC(=O)C(F)(F)F)cc1. The van der Waals surface area contributed by atoms with Crippen molar-refractivity contribution >= 4 is 33.4 Å². The molecule has 0 radical (unpaired) electrons.